The highest BCUT2D eigenvalue weighted by molar-refractivity contribution is 5.69. The molecule has 4 nitrogen and oxygen atoms in total. The maximum Gasteiger partial charge on any atom is 0.408 e. The molecule has 0 unspecified atom stereocenters. The average molecular weight is 311 g/mol. The summed E-state index contributed by atoms with van der Waals surface area (Å²) < 4.78 is 5.36. The van der Waals surface area contributed by atoms with E-state index in [-0.39, 0.29) is 0 Å². The number of hydrogen-bond acceptors (Lipinski definition) is 3. The minimum absolute atomic E-state index is 0.319. The summed E-state index contributed by atoms with van der Waals surface area (Å²) in [4.78, 5) is 23.2. The van der Waals surface area contributed by atoms with Crippen molar-refractivity contribution in [2.24, 2.45) is 11.3 Å². The molecule has 0 radical (unpaired) electrons. The summed E-state index contributed by atoms with van der Waals surface area (Å²) in [6.45, 7) is 12.4. The molecule has 4 heteroatoms. The Kier molecular flexibility index (Phi) is 6.05. The number of alkyl carbamates (subject to hydrolysis) is 1. The highest BCUT2D eigenvalue weighted by Crippen LogP contribution is 2.44. The number of ether oxygens (including phenoxy) is 1. The van der Waals surface area contributed by atoms with Crippen molar-refractivity contribution in [1.82, 2.24) is 5.32 Å². The van der Waals surface area contributed by atoms with Crippen LogP contribution in [-0.4, -0.2) is 23.5 Å². The van der Waals surface area contributed by atoms with E-state index in [1.807, 2.05) is 20.8 Å². The first-order valence-corrected chi connectivity index (χ1v) is 8.48. The van der Waals surface area contributed by atoms with E-state index in [1.165, 1.54) is 0 Å². The van der Waals surface area contributed by atoms with Gasteiger partial charge < -0.3 is 14.8 Å². The summed E-state index contributed by atoms with van der Waals surface area (Å²) >= 11 is 0. The number of carbonyl (C=O) groups is 2. The van der Waals surface area contributed by atoms with Crippen molar-refractivity contribution in [3.63, 3.8) is 0 Å². The van der Waals surface area contributed by atoms with Crippen LogP contribution in [0.1, 0.15) is 80.1 Å². The maximum atomic E-state index is 12.1. The van der Waals surface area contributed by atoms with Gasteiger partial charge in [0, 0.05) is 6.42 Å². The zero-order valence-corrected chi connectivity index (χ0v) is 15.1. The summed E-state index contributed by atoms with van der Waals surface area (Å²) in [5.74, 6) is 0.651. The fraction of sp³-hybridized carbons (Fsp3) is 0.889. The van der Waals surface area contributed by atoms with Crippen LogP contribution in [0.3, 0.4) is 0 Å². The zero-order chi connectivity index (χ0) is 17.0. The minimum Gasteiger partial charge on any atom is -0.444 e. The summed E-state index contributed by atoms with van der Waals surface area (Å²) in [5, 5.41) is 2.99. The molecule has 0 bridgehead atoms. The molecule has 1 saturated carbocycles. The third-order valence-corrected chi connectivity index (χ3v) is 5.20. The number of amides is 1. The first-order valence-electron chi connectivity index (χ1n) is 8.48. The molecule has 0 spiro atoms. The zero-order valence-electron chi connectivity index (χ0n) is 15.1. The quantitative estimate of drug-likeness (QED) is 0.762. The van der Waals surface area contributed by atoms with Crippen molar-refractivity contribution in [3.8, 4) is 0 Å². The molecule has 0 aromatic rings. The van der Waals surface area contributed by atoms with Crippen LogP contribution in [0, 0.1) is 11.3 Å². The van der Waals surface area contributed by atoms with Crippen LogP contribution >= 0.6 is 0 Å². The molecule has 0 heterocycles. The molecule has 1 fully saturated rings. The molecule has 0 aliphatic heterocycles. The van der Waals surface area contributed by atoms with Gasteiger partial charge in [0.05, 0.1) is 5.54 Å². The molecular weight excluding hydrogens is 278 g/mol. The molecular formula is C18H33NO3. The van der Waals surface area contributed by atoms with Crippen molar-refractivity contribution >= 4 is 12.4 Å². The second-order valence-corrected chi connectivity index (χ2v) is 8.39. The molecule has 1 aliphatic rings. The number of nitrogens with one attached hydrogen (secondary N) is 1. The molecule has 1 aliphatic carbocycles. The van der Waals surface area contributed by atoms with Gasteiger partial charge >= 0.3 is 6.09 Å². The number of carbonyl (C=O) groups excluding carboxylic acids is 2. The lowest BCUT2D eigenvalue weighted by atomic mass is 9.65. The first-order chi connectivity index (χ1) is 10.0. The van der Waals surface area contributed by atoms with Gasteiger partial charge in [-0.1, -0.05) is 27.2 Å². The summed E-state index contributed by atoms with van der Waals surface area (Å²) in [5.41, 5.74) is -0.627. The third kappa shape index (κ3) is 5.29. The van der Waals surface area contributed by atoms with E-state index in [9.17, 15) is 9.59 Å². The van der Waals surface area contributed by atoms with Gasteiger partial charge in [-0.25, -0.2) is 4.79 Å². The van der Waals surface area contributed by atoms with E-state index >= 15 is 0 Å². The predicted molar refractivity (Wildman–Crippen MR) is 88.8 cm³/mol. The Bertz CT molecular complexity index is 388. The van der Waals surface area contributed by atoms with Gasteiger partial charge in [-0.15, -0.1) is 0 Å². The van der Waals surface area contributed by atoms with Crippen LogP contribution in [0.4, 0.5) is 4.79 Å². The minimum atomic E-state index is -0.520. The van der Waals surface area contributed by atoms with Gasteiger partial charge in [0.15, 0.2) is 0 Å². The standard InChI is InChI=1S/C18H33NO3/c1-7-17(5,6)14-8-10-18(11-9-14,12-13-20)19-15(21)22-16(2,3)4/h13-14H,7-12H2,1-6H3,(H,19,21). The molecule has 128 valence electrons. The fourth-order valence-electron chi connectivity index (χ4n) is 3.30. The molecule has 1 N–H and O–H groups in total. The second-order valence-electron chi connectivity index (χ2n) is 8.39. The Morgan fingerprint density at radius 3 is 2.18 bits per heavy atom. The Morgan fingerprint density at radius 2 is 1.77 bits per heavy atom. The van der Waals surface area contributed by atoms with Gasteiger partial charge in [-0.3, -0.25) is 0 Å². The molecule has 0 saturated heterocycles. The Hall–Kier alpha value is -1.06. The fourth-order valence-corrected chi connectivity index (χ4v) is 3.30. The molecule has 22 heavy (non-hydrogen) atoms. The van der Waals surface area contributed by atoms with Gasteiger partial charge in [0.25, 0.3) is 0 Å². The van der Waals surface area contributed by atoms with E-state index in [4.69, 9.17) is 4.74 Å². The van der Waals surface area contributed by atoms with Crippen LogP contribution in [-0.2, 0) is 9.53 Å². The van der Waals surface area contributed by atoms with E-state index in [0.717, 1.165) is 38.4 Å². The molecule has 0 aromatic carbocycles. The smallest absolute Gasteiger partial charge is 0.408 e. The summed E-state index contributed by atoms with van der Waals surface area (Å²) in [6.07, 6.45) is 5.81. The maximum absolute atomic E-state index is 12.1. The van der Waals surface area contributed by atoms with Crippen LogP contribution < -0.4 is 5.32 Å². The van der Waals surface area contributed by atoms with Crippen LogP contribution in [0.25, 0.3) is 0 Å². The van der Waals surface area contributed by atoms with Crippen LogP contribution in [0.5, 0.6) is 0 Å². The number of rotatable bonds is 5. The van der Waals surface area contributed by atoms with Crippen molar-refractivity contribution < 1.29 is 14.3 Å². The van der Waals surface area contributed by atoms with Gasteiger partial charge in [-0.05, 0) is 57.8 Å². The van der Waals surface area contributed by atoms with Gasteiger partial charge in [0.2, 0.25) is 0 Å². The Balaban J connectivity index is 2.71. The highest BCUT2D eigenvalue weighted by atomic mass is 16.6. The lowest BCUT2D eigenvalue weighted by Gasteiger charge is -2.44. The first kappa shape index (κ1) is 19.0. The second kappa shape index (κ2) is 7.01. The predicted octanol–water partition coefficient (Wildman–Crippen LogP) is 4.47. The molecule has 0 aromatic heterocycles. The third-order valence-electron chi connectivity index (χ3n) is 5.20. The van der Waals surface area contributed by atoms with E-state index < -0.39 is 17.2 Å². The largest absolute Gasteiger partial charge is 0.444 e. The van der Waals surface area contributed by atoms with Crippen molar-refractivity contribution in [2.45, 2.75) is 91.2 Å². The van der Waals surface area contributed by atoms with Gasteiger partial charge in [0.1, 0.15) is 11.9 Å². The van der Waals surface area contributed by atoms with Crippen molar-refractivity contribution in [1.29, 1.82) is 0 Å². The highest BCUT2D eigenvalue weighted by Gasteiger charge is 2.41. The normalized spacial score (nSPS) is 26.4. The number of aldehydes is 1. The molecule has 1 amide bonds. The molecule has 1 rings (SSSR count). The topological polar surface area (TPSA) is 55.4 Å². The summed E-state index contributed by atoms with van der Waals surface area (Å²) in [7, 11) is 0. The van der Waals surface area contributed by atoms with Crippen LogP contribution in [0.15, 0.2) is 0 Å². The Labute approximate surface area is 135 Å². The number of hydrogen-bond donors (Lipinski definition) is 1. The van der Waals surface area contributed by atoms with E-state index in [2.05, 4.69) is 26.1 Å². The van der Waals surface area contributed by atoms with E-state index in [0.29, 0.717) is 17.8 Å². The Morgan fingerprint density at radius 1 is 1.23 bits per heavy atom. The lowest BCUT2D eigenvalue weighted by molar-refractivity contribution is -0.109. The van der Waals surface area contributed by atoms with Crippen molar-refractivity contribution in [2.75, 3.05) is 0 Å². The average Bonchev–Trinajstić information content (AvgIpc) is 2.37. The van der Waals surface area contributed by atoms with Gasteiger partial charge in [-0.2, -0.15) is 0 Å². The lowest BCUT2D eigenvalue weighted by Crippen LogP contribution is -2.53. The van der Waals surface area contributed by atoms with Crippen molar-refractivity contribution in [3.05, 3.63) is 0 Å². The van der Waals surface area contributed by atoms with Crippen LogP contribution in [0.2, 0.25) is 0 Å². The van der Waals surface area contributed by atoms with E-state index in [1.54, 1.807) is 0 Å². The SMILES string of the molecule is CCC(C)(C)C1CCC(CC=O)(NC(=O)OC(C)(C)C)CC1. The monoisotopic (exact) mass is 311 g/mol. The summed E-state index contributed by atoms with van der Waals surface area (Å²) in [6, 6.07) is 0. The molecule has 0 atom stereocenters.